The number of sulfonamides is 1. The molecule has 1 N–H and O–H groups in total. The van der Waals surface area contributed by atoms with E-state index in [1.54, 1.807) is 30.3 Å². The second-order valence-electron chi connectivity index (χ2n) is 7.02. The number of ether oxygens (including phenoxy) is 1. The molecule has 0 atom stereocenters. The summed E-state index contributed by atoms with van der Waals surface area (Å²) in [5.74, 6) is 0.698. The smallest absolute Gasteiger partial charge is 0.262 e. The molecule has 1 amide bonds. The van der Waals surface area contributed by atoms with Crippen molar-refractivity contribution in [2.45, 2.75) is 24.7 Å². The quantitative estimate of drug-likeness (QED) is 0.630. The Labute approximate surface area is 184 Å². The first kappa shape index (κ1) is 22.1. The molecule has 0 aromatic heterocycles. The zero-order valence-corrected chi connectivity index (χ0v) is 19.1. The lowest BCUT2D eigenvalue weighted by molar-refractivity contribution is -0.118. The molecule has 0 radical (unpaired) electrons. The minimum atomic E-state index is -3.51. The lowest BCUT2D eigenvalue weighted by atomic mass is 10.0. The average molecular weight is 502 g/mol. The average Bonchev–Trinajstić information content (AvgIpc) is 2.68. The van der Waals surface area contributed by atoms with Crippen molar-refractivity contribution in [3.8, 4) is 5.75 Å². The highest BCUT2D eigenvalue weighted by Crippen LogP contribution is 2.28. The van der Waals surface area contributed by atoms with E-state index in [2.05, 4.69) is 28.2 Å². The first-order valence-corrected chi connectivity index (χ1v) is 11.8. The van der Waals surface area contributed by atoms with Crippen LogP contribution in [-0.4, -0.2) is 38.3 Å². The van der Waals surface area contributed by atoms with E-state index < -0.39 is 10.0 Å². The minimum Gasteiger partial charge on any atom is -0.483 e. The largest absolute Gasteiger partial charge is 0.483 e. The molecule has 0 saturated carbocycles. The van der Waals surface area contributed by atoms with Crippen molar-refractivity contribution in [1.82, 2.24) is 4.31 Å². The number of amides is 1. The maximum absolute atomic E-state index is 12.7. The Morgan fingerprint density at radius 2 is 1.86 bits per heavy atom. The molecule has 6 nitrogen and oxygen atoms in total. The molecule has 1 aliphatic heterocycles. The van der Waals surface area contributed by atoms with E-state index in [1.165, 1.54) is 16.4 Å². The van der Waals surface area contributed by atoms with E-state index in [0.29, 0.717) is 39.9 Å². The van der Waals surface area contributed by atoms with Crippen LogP contribution in [0.25, 0.3) is 0 Å². The van der Waals surface area contributed by atoms with Crippen LogP contribution in [0.3, 0.4) is 0 Å². The van der Waals surface area contributed by atoms with Crippen LogP contribution < -0.4 is 10.1 Å². The molecule has 2 aromatic carbocycles. The van der Waals surface area contributed by atoms with Crippen LogP contribution in [0.1, 0.15) is 19.8 Å². The molecule has 1 heterocycles. The zero-order chi connectivity index (χ0) is 21.0. The van der Waals surface area contributed by atoms with E-state index in [-0.39, 0.29) is 17.4 Å². The van der Waals surface area contributed by atoms with Gasteiger partial charge in [-0.05, 0) is 77.2 Å². The zero-order valence-electron chi connectivity index (χ0n) is 15.9. The van der Waals surface area contributed by atoms with Crippen molar-refractivity contribution in [1.29, 1.82) is 0 Å². The summed E-state index contributed by atoms with van der Waals surface area (Å²) < 4.78 is 33.1. The van der Waals surface area contributed by atoms with Gasteiger partial charge < -0.3 is 10.1 Å². The molecule has 1 fully saturated rings. The molecule has 1 aliphatic rings. The highest BCUT2D eigenvalue weighted by atomic mass is 79.9. The number of carbonyl (C=O) groups excluding carboxylic acids is 1. The summed E-state index contributed by atoms with van der Waals surface area (Å²) in [5.41, 5.74) is 0.500. The first-order chi connectivity index (χ1) is 13.8. The Hall–Kier alpha value is -1.61. The topological polar surface area (TPSA) is 75.7 Å². The van der Waals surface area contributed by atoms with Gasteiger partial charge in [-0.2, -0.15) is 4.31 Å². The fourth-order valence-corrected chi connectivity index (χ4v) is 5.28. The van der Waals surface area contributed by atoms with Crippen molar-refractivity contribution in [2.24, 2.45) is 5.92 Å². The van der Waals surface area contributed by atoms with Gasteiger partial charge in [0, 0.05) is 23.8 Å². The summed E-state index contributed by atoms with van der Waals surface area (Å²) in [6.45, 7) is 3.03. The van der Waals surface area contributed by atoms with Gasteiger partial charge in [-0.3, -0.25) is 4.79 Å². The van der Waals surface area contributed by atoms with Gasteiger partial charge in [-0.25, -0.2) is 8.42 Å². The first-order valence-electron chi connectivity index (χ1n) is 9.23. The maximum atomic E-state index is 12.7. The predicted octanol–water partition coefficient (Wildman–Crippen LogP) is 4.54. The highest BCUT2D eigenvalue weighted by molar-refractivity contribution is 9.10. The number of nitrogens with zero attached hydrogens (tertiary/aromatic N) is 1. The monoisotopic (exact) mass is 500 g/mol. The molecular weight excluding hydrogens is 480 g/mol. The second kappa shape index (κ2) is 9.47. The van der Waals surface area contributed by atoms with E-state index in [9.17, 15) is 13.2 Å². The van der Waals surface area contributed by atoms with E-state index in [0.717, 1.165) is 12.8 Å². The highest BCUT2D eigenvalue weighted by Gasteiger charge is 2.27. The number of carbonyl (C=O) groups is 1. The molecule has 1 saturated heterocycles. The Morgan fingerprint density at radius 3 is 2.48 bits per heavy atom. The molecule has 9 heteroatoms. The van der Waals surface area contributed by atoms with Crippen molar-refractivity contribution < 1.29 is 17.9 Å². The van der Waals surface area contributed by atoms with Crippen LogP contribution in [0.15, 0.2) is 51.8 Å². The summed E-state index contributed by atoms with van der Waals surface area (Å²) in [6.07, 6.45) is 1.74. The Morgan fingerprint density at radius 1 is 1.21 bits per heavy atom. The SMILES string of the molecule is CC1CCN(S(=O)(=O)c2ccc(NC(=O)COc3ccc(Cl)cc3Br)cc2)CC1. The van der Waals surface area contributed by atoms with Gasteiger partial charge in [0.2, 0.25) is 10.0 Å². The van der Waals surface area contributed by atoms with Crippen LogP contribution in [-0.2, 0) is 14.8 Å². The Bertz CT molecular complexity index is 974. The van der Waals surface area contributed by atoms with Gasteiger partial charge in [-0.15, -0.1) is 0 Å². The van der Waals surface area contributed by atoms with E-state index in [4.69, 9.17) is 16.3 Å². The number of piperidine rings is 1. The van der Waals surface area contributed by atoms with Gasteiger partial charge in [0.15, 0.2) is 6.61 Å². The summed E-state index contributed by atoms with van der Waals surface area (Å²) in [7, 11) is -3.51. The molecule has 0 spiro atoms. The Balaban J connectivity index is 1.57. The number of hydrogen-bond donors (Lipinski definition) is 1. The van der Waals surface area contributed by atoms with Crippen molar-refractivity contribution >= 4 is 49.1 Å². The molecule has 0 unspecified atom stereocenters. The van der Waals surface area contributed by atoms with Gasteiger partial charge >= 0.3 is 0 Å². The number of hydrogen-bond acceptors (Lipinski definition) is 4. The second-order valence-corrected chi connectivity index (χ2v) is 10.3. The summed E-state index contributed by atoms with van der Waals surface area (Å²) >= 11 is 9.20. The summed E-state index contributed by atoms with van der Waals surface area (Å²) in [6, 6.07) is 11.2. The van der Waals surface area contributed by atoms with Crippen molar-refractivity contribution in [3.05, 3.63) is 52.0 Å². The number of halogens is 2. The minimum absolute atomic E-state index is 0.188. The van der Waals surface area contributed by atoms with Crippen molar-refractivity contribution in [2.75, 3.05) is 25.0 Å². The van der Waals surface area contributed by atoms with E-state index in [1.807, 2.05) is 0 Å². The molecule has 2 aromatic rings. The molecule has 0 bridgehead atoms. The van der Waals surface area contributed by atoms with Crippen LogP contribution >= 0.6 is 27.5 Å². The van der Waals surface area contributed by atoms with Crippen LogP contribution in [0.4, 0.5) is 5.69 Å². The van der Waals surface area contributed by atoms with Crippen LogP contribution in [0.5, 0.6) is 5.75 Å². The molecule has 0 aliphatic carbocycles. The summed E-state index contributed by atoms with van der Waals surface area (Å²) in [5, 5.41) is 3.25. The van der Waals surface area contributed by atoms with Crippen LogP contribution in [0, 0.1) is 5.92 Å². The lowest BCUT2D eigenvalue weighted by Gasteiger charge is -2.29. The Kier molecular flexibility index (Phi) is 7.21. The standard InChI is InChI=1S/C20H22BrClN2O4S/c1-14-8-10-24(11-9-14)29(26,27)17-5-3-16(4-6-17)23-20(25)13-28-19-7-2-15(22)12-18(19)21/h2-7,12,14H,8-11,13H2,1H3,(H,23,25). The maximum Gasteiger partial charge on any atom is 0.262 e. The molecular formula is C20H22BrClN2O4S. The fourth-order valence-electron chi connectivity index (χ4n) is 3.02. The van der Waals surface area contributed by atoms with Crippen LogP contribution in [0.2, 0.25) is 5.02 Å². The van der Waals surface area contributed by atoms with Gasteiger partial charge in [0.05, 0.1) is 9.37 Å². The summed E-state index contributed by atoms with van der Waals surface area (Å²) in [4.78, 5) is 12.3. The number of rotatable bonds is 6. The lowest BCUT2D eigenvalue weighted by Crippen LogP contribution is -2.37. The number of anilines is 1. The van der Waals surface area contributed by atoms with Gasteiger partial charge in [-0.1, -0.05) is 18.5 Å². The number of nitrogens with one attached hydrogen (secondary N) is 1. The normalized spacial score (nSPS) is 15.8. The van der Waals surface area contributed by atoms with Gasteiger partial charge in [0.25, 0.3) is 5.91 Å². The molecule has 156 valence electrons. The number of benzene rings is 2. The third kappa shape index (κ3) is 5.72. The van der Waals surface area contributed by atoms with E-state index >= 15 is 0 Å². The van der Waals surface area contributed by atoms with Gasteiger partial charge in [0.1, 0.15) is 5.75 Å². The van der Waals surface area contributed by atoms with Crippen molar-refractivity contribution in [3.63, 3.8) is 0 Å². The third-order valence-electron chi connectivity index (χ3n) is 4.77. The fraction of sp³-hybridized carbons (Fsp3) is 0.350. The third-order valence-corrected chi connectivity index (χ3v) is 7.54. The molecule has 29 heavy (non-hydrogen) atoms. The predicted molar refractivity (Wildman–Crippen MR) is 117 cm³/mol. The molecule has 3 rings (SSSR count).